The fraction of sp³-hybridized carbons (Fsp3) is 0.318. The SMILES string of the molecule is CCOc1cc(-c2cc(N)n(S(=O)(=O)Cc3ccccc3)n2)cc(OCC)c1OCC. The molecule has 0 unspecified atom stereocenters. The van der Waals surface area contributed by atoms with E-state index < -0.39 is 10.0 Å². The van der Waals surface area contributed by atoms with Crippen molar-refractivity contribution in [2.75, 3.05) is 25.6 Å². The fourth-order valence-corrected chi connectivity index (χ4v) is 4.45. The zero-order valence-corrected chi connectivity index (χ0v) is 18.7. The van der Waals surface area contributed by atoms with Crippen molar-refractivity contribution in [3.63, 3.8) is 0 Å². The second kappa shape index (κ2) is 9.74. The summed E-state index contributed by atoms with van der Waals surface area (Å²) < 4.78 is 43.8. The van der Waals surface area contributed by atoms with Crippen LogP contribution in [-0.2, 0) is 15.8 Å². The van der Waals surface area contributed by atoms with Crippen molar-refractivity contribution in [2.45, 2.75) is 26.5 Å². The molecule has 0 atom stereocenters. The summed E-state index contributed by atoms with van der Waals surface area (Å²) in [6.07, 6.45) is 0. The van der Waals surface area contributed by atoms with Crippen molar-refractivity contribution in [1.82, 2.24) is 9.19 Å². The van der Waals surface area contributed by atoms with Crippen LogP contribution < -0.4 is 19.9 Å². The summed E-state index contributed by atoms with van der Waals surface area (Å²) in [5.41, 5.74) is 7.67. The van der Waals surface area contributed by atoms with Crippen molar-refractivity contribution in [2.24, 2.45) is 0 Å². The minimum atomic E-state index is -3.80. The molecule has 0 radical (unpaired) electrons. The summed E-state index contributed by atoms with van der Waals surface area (Å²) >= 11 is 0. The van der Waals surface area contributed by atoms with Crippen molar-refractivity contribution in [3.8, 4) is 28.5 Å². The van der Waals surface area contributed by atoms with Crippen LogP contribution in [0.4, 0.5) is 5.82 Å². The number of rotatable bonds is 10. The summed E-state index contributed by atoms with van der Waals surface area (Å²) in [6.45, 7) is 6.91. The van der Waals surface area contributed by atoms with Gasteiger partial charge in [-0.1, -0.05) is 30.3 Å². The first kappa shape index (κ1) is 22.5. The predicted molar refractivity (Wildman–Crippen MR) is 120 cm³/mol. The summed E-state index contributed by atoms with van der Waals surface area (Å²) in [5, 5.41) is 4.28. The standard InChI is InChI=1S/C22H27N3O5S/c1-4-28-19-12-17(13-20(29-5-2)22(19)30-6-3)18-14-21(23)25(24-18)31(26,27)15-16-10-8-7-9-11-16/h7-14H,4-6,15,23H2,1-3H3. The molecule has 0 amide bonds. The van der Waals surface area contributed by atoms with Crippen LogP contribution in [0.1, 0.15) is 26.3 Å². The van der Waals surface area contributed by atoms with Gasteiger partial charge in [0.15, 0.2) is 11.5 Å². The smallest absolute Gasteiger partial charge is 0.259 e. The first-order valence-electron chi connectivity index (χ1n) is 10.1. The van der Waals surface area contributed by atoms with Gasteiger partial charge < -0.3 is 19.9 Å². The highest BCUT2D eigenvalue weighted by Crippen LogP contribution is 2.42. The Bertz CT molecular complexity index is 1100. The summed E-state index contributed by atoms with van der Waals surface area (Å²) in [4.78, 5) is 0. The van der Waals surface area contributed by atoms with Crippen LogP contribution in [0.3, 0.4) is 0 Å². The normalized spacial score (nSPS) is 11.3. The Morgan fingerprint density at radius 3 is 2.03 bits per heavy atom. The number of nitrogens with two attached hydrogens (primary N) is 1. The Labute approximate surface area is 182 Å². The molecule has 8 nitrogen and oxygen atoms in total. The van der Waals surface area contributed by atoms with Gasteiger partial charge in [0.05, 0.1) is 31.3 Å². The van der Waals surface area contributed by atoms with Crippen LogP contribution in [0.15, 0.2) is 48.5 Å². The average molecular weight is 446 g/mol. The topological polar surface area (TPSA) is 106 Å². The lowest BCUT2D eigenvalue weighted by Crippen LogP contribution is -2.18. The molecule has 3 aromatic rings. The highest BCUT2D eigenvalue weighted by Gasteiger charge is 2.22. The zero-order valence-electron chi connectivity index (χ0n) is 17.9. The maximum atomic E-state index is 12.9. The number of hydrogen-bond acceptors (Lipinski definition) is 7. The molecule has 9 heteroatoms. The van der Waals surface area contributed by atoms with E-state index in [1.165, 1.54) is 6.07 Å². The Morgan fingerprint density at radius 2 is 1.48 bits per heavy atom. The Kier molecular flexibility index (Phi) is 7.06. The van der Waals surface area contributed by atoms with Gasteiger partial charge in [0.1, 0.15) is 5.82 Å². The van der Waals surface area contributed by atoms with Gasteiger partial charge >= 0.3 is 0 Å². The quantitative estimate of drug-likeness (QED) is 0.507. The largest absolute Gasteiger partial charge is 0.490 e. The number of benzene rings is 2. The molecule has 1 aromatic heterocycles. The summed E-state index contributed by atoms with van der Waals surface area (Å²) in [6, 6.07) is 13.9. The molecule has 0 saturated heterocycles. The van der Waals surface area contributed by atoms with Crippen LogP contribution in [0.5, 0.6) is 17.2 Å². The number of anilines is 1. The number of aromatic nitrogens is 2. The lowest BCUT2D eigenvalue weighted by molar-refractivity contribution is 0.261. The third-order valence-electron chi connectivity index (χ3n) is 4.36. The van der Waals surface area contributed by atoms with Gasteiger partial charge in [-0.15, -0.1) is 4.09 Å². The van der Waals surface area contributed by atoms with E-state index in [0.29, 0.717) is 53.9 Å². The van der Waals surface area contributed by atoms with Gasteiger partial charge in [-0.05, 0) is 38.5 Å². The lowest BCUT2D eigenvalue weighted by atomic mass is 10.1. The maximum Gasteiger partial charge on any atom is 0.259 e. The molecule has 0 spiro atoms. The first-order valence-corrected chi connectivity index (χ1v) is 11.7. The Balaban J connectivity index is 2.03. The number of nitrogens with zero attached hydrogens (tertiary/aromatic N) is 2. The molecule has 0 aliphatic heterocycles. The van der Waals surface area contributed by atoms with Crippen LogP contribution in [-0.4, -0.2) is 37.4 Å². The van der Waals surface area contributed by atoms with E-state index in [1.54, 1.807) is 36.4 Å². The molecule has 0 bridgehead atoms. The first-order chi connectivity index (χ1) is 14.9. The van der Waals surface area contributed by atoms with Crippen molar-refractivity contribution in [1.29, 1.82) is 0 Å². The third kappa shape index (κ3) is 5.11. The minimum absolute atomic E-state index is 0.0238. The second-order valence-electron chi connectivity index (χ2n) is 6.64. The fourth-order valence-electron chi connectivity index (χ4n) is 3.13. The van der Waals surface area contributed by atoms with E-state index >= 15 is 0 Å². The van der Waals surface area contributed by atoms with Crippen LogP contribution >= 0.6 is 0 Å². The van der Waals surface area contributed by atoms with Crippen molar-refractivity contribution in [3.05, 3.63) is 54.1 Å². The minimum Gasteiger partial charge on any atom is -0.490 e. The van der Waals surface area contributed by atoms with Gasteiger partial charge in [-0.3, -0.25) is 0 Å². The molecule has 0 saturated carbocycles. The molecular formula is C22H27N3O5S. The number of hydrogen-bond donors (Lipinski definition) is 1. The van der Waals surface area contributed by atoms with Gasteiger partial charge in [-0.25, -0.2) is 8.42 Å². The third-order valence-corrected chi connectivity index (χ3v) is 5.88. The lowest BCUT2D eigenvalue weighted by Gasteiger charge is -2.16. The molecule has 0 fully saturated rings. The maximum absolute atomic E-state index is 12.9. The Morgan fingerprint density at radius 1 is 0.903 bits per heavy atom. The molecule has 2 aromatic carbocycles. The molecular weight excluding hydrogens is 418 g/mol. The van der Waals surface area contributed by atoms with Crippen LogP contribution in [0, 0.1) is 0 Å². The van der Waals surface area contributed by atoms with Gasteiger partial charge in [0.2, 0.25) is 5.75 Å². The summed E-state index contributed by atoms with van der Waals surface area (Å²) in [7, 11) is -3.80. The van der Waals surface area contributed by atoms with Gasteiger partial charge in [-0.2, -0.15) is 5.10 Å². The van der Waals surface area contributed by atoms with E-state index in [0.717, 1.165) is 4.09 Å². The van der Waals surface area contributed by atoms with Crippen LogP contribution in [0.2, 0.25) is 0 Å². The zero-order chi connectivity index (χ0) is 22.4. The molecule has 31 heavy (non-hydrogen) atoms. The van der Waals surface area contributed by atoms with E-state index in [9.17, 15) is 8.42 Å². The van der Waals surface area contributed by atoms with E-state index in [2.05, 4.69) is 5.10 Å². The number of nitrogen functional groups attached to an aromatic ring is 1. The Hall–Kier alpha value is -3.20. The van der Waals surface area contributed by atoms with Crippen LogP contribution in [0.25, 0.3) is 11.3 Å². The van der Waals surface area contributed by atoms with Crippen molar-refractivity contribution >= 4 is 15.8 Å². The molecule has 0 aliphatic rings. The molecule has 0 aliphatic carbocycles. The summed E-state index contributed by atoms with van der Waals surface area (Å²) in [5.74, 6) is 1.29. The predicted octanol–water partition coefficient (Wildman–Crippen LogP) is 3.71. The average Bonchev–Trinajstić information content (AvgIpc) is 3.14. The van der Waals surface area contributed by atoms with E-state index in [1.807, 2.05) is 26.8 Å². The highest BCUT2D eigenvalue weighted by molar-refractivity contribution is 7.89. The van der Waals surface area contributed by atoms with Crippen molar-refractivity contribution < 1.29 is 22.6 Å². The molecule has 2 N–H and O–H groups in total. The monoisotopic (exact) mass is 445 g/mol. The molecule has 166 valence electrons. The highest BCUT2D eigenvalue weighted by atomic mass is 32.2. The second-order valence-corrected chi connectivity index (χ2v) is 8.44. The number of ether oxygens (including phenoxy) is 3. The molecule has 3 rings (SSSR count). The van der Waals surface area contributed by atoms with E-state index in [4.69, 9.17) is 19.9 Å². The van der Waals surface area contributed by atoms with Gasteiger partial charge in [0.25, 0.3) is 10.0 Å². The molecule has 1 heterocycles. The van der Waals surface area contributed by atoms with Gasteiger partial charge in [0, 0.05) is 11.6 Å². The van der Waals surface area contributed by atoms with E-state index in [-0.39, 0.29) is 11.6 Å².